The van der Waals surface area contributed by atoms with Gasteiger partial charge in [-0.15, -0.1) is 5.10 Å². The third-order valence-electron chi connectivity index (χ3n) is 4.09. The number of methoxy groups -OCH3 is 1. The Labute approximate surface area is 172 Å². The first-order valence-electron chi connectivity index (χ1n) is 8.59. The van der Waals surface area contributed by atoms with Crippen molar-refractivity contribution in [1.29, 1.82) is 0 Å². The lowest BCUT2D eigenvalue weighted by atomic mass is 10.1. The Kier molecular flexibility index (Phi) is 6.53. The first-order chi connectivity index (χ1) is 13.5. The van der Waals surface area contributed by atoms with E-state index in [1.54, 1.807) is 17.9 Å². The number of carbonyl (C=O) groups excluding carboxylic acids is 1. The molecule has 0 aliphatic carbocycles. The van der Waals surface area contributed by atoms with E-state index in [4.69, 9.17) is 16.3 Å². The van der Waals surface area contributed by atoms with Gasteiger partial charge < -0.3 is 10.1 Å². The van der Waals surface area contributed by atoms with Crippen LogP contribution in [-0.4, -0.2) is 39.0 Å². The molecule has 1 amide bonds. The van der Waals surface area contributed by atoms with Gasteiger partial charge in [0.1, 0.15) is 11.4 Å². The summed E-state index contributed by atoms with van der Waals surface area (Å²) in [6.07, 6.45) is 0. The summed E-state index contributed by atoms with van der Waals surface area (Å²) in [4.78, 5) is 12.4. The Morgan fingerprint density at radius 1 is 1.32 bits per heavy atom. The molecule has 0 radical (unpaired) electrons. The smallest absolute Gasteiger partial charge is 0.230 e. The molecular weight excluding hydrogens is 398 g/mol. The molecule has 0 saturated heterocycles. The zero-order valence-corrected chi connectivity index (χ0v) is 17.3. The van der Waals surface area contributed by atoms with E-state index in [-0.39, 0.29) is 17.7 Å². The van der Waals surface area contributed by atoms with Gasteiger partial charge in [-0.05, 0) is 53.6 Å². The monoisotopic (exact) mass is 417 g/mol. The summed E-state index contributed by atoms with van der Waals surface area (Å²) in [7, 11) is 1.59. The van der Waals surface area contributed by atoms with Gasteiger partial charge in [-0.2, -0.15) is 4.68 Å². The molecular formula is C19H20ClN5O2S. The zero-order valence-electron chi connectivity index (χ0n) is 15.7. The number of hydrogen-bond acceptors (Lipinski definition) is 6. The maximum atomic E-state index is 12.4. The van der Waals surface area contributed by atoms with Crippen molar-refractivity contribution in [1.82, 2.24) is 25.5 Å². The average Bonchev–Trinajstić information content (AvgIpc) is 3.15. The Bertz CT molecular complexity index is 978. The summed E-state index contributed by atoms with van der Waals surface area (Å²) in [6, 6.07) is 13.0. The van der Waals surface area contributed by atoms with Gasteiger partial charge in [0, 0.05) is 5.02 Å². The van der Waals surface area contributed by atoms with Gasteiger partial charge in [-0.1, -0.05) is 47.6 Å². The molecule has 7 nitrogen and oxygen atoms in total. The number of benzene rings is 2. The lowest BCUT2D eigenvalue weighted by molar-refractivity contribution is -0.119. The first-order valence-corrected chi connectivity index (χ1v) is 9.96. The average molecular weight is 418 g/mol. The molecule has 146 valence electrons. The molecule has 9 heteroatoms. The fourth-order valence-corrected chi connectivity index (χ4v) is 3.70. The van der Waals surface area contributed by atoms with E-state index in [1.807, 2.05) is 50.2 Å². The summed E-state index contributed by atoms with van der Waals surface area (Å²) < 4.78 is 6.97. The number of nitrogens with zero attached hydrogens (tertiary/aromatic N) is 4. The van der Waals surface area contributed by atoms with Crippen LogP contribution in [0.1, 0.15) is 24.1 Å². The van der Waals surface area contributed by atoms with Gasteiger partial charge >= 0.3 is 0 Å². The molecule has 1 aromatic heterocycles. The van der Waals surface area contributed by atoms with Gasteiger partial charge in [-0.3, -0.25) is 4.79 Å². The van der Waals surface area contributed by atoms with Gasteiger partial charge in [0.25, 0.3) is 0 Å². The number of thioether (sulfide) groups is 1. The van der Waals surface area contributed by atoms with Crippen LogP contribution in [0.4, 0.5) is 0 Å². The normalized spacial score (nSPS) is 11.9. The Balaban J connectivity index is 1.68. The molecule has 0 spiro atoms. The van der Waals surface area contributed by atoms with Crippen molar-refractivity contribution < 1.29 is 9.53 Å². The third kappa shape index (κ3) is 4.63. The van der Waals surface area contributed by atoms with Gasteiger partial charge in [0.15, 0.2) is 0 Å². The van der Waals surface area contributed by atoms with E-state index >= 15 is 0 Å². The highest BCUT2D eigenvalue weighted by atomic mass is 35.5. The Morgan fingerprint density at radius 2 is 2.11 bits per heavy atom. The molecule has 0 aliphatic heterocycles. The van der Waals surface area contributed by atoms with Crippen LogP contribution in [0.3, 0.4) is 0 Å². The van der Waals surface area contributed by atoms with Crippen molar-refractivity contribution in [3.8, 4) is 11.4 Å². The summed E-state index contributed by atoms with van der Waals surface area (Å²) in [5.74, 6) is 0.684. The lowest BCUT2D eigenvalue weighted by Crippen LogP contribution is -2.28. The maximum absolute atomic E-state index is 12.4. The molecule has 2 aromatic carbocycles. The van der Waals surface area contributed by atoms with Crippen LogP contribution < -0.4 is 10.1 Å². The molecule has 1 N–H and O–H groups in total. The number of rotatable bonds is 7. The second kappa shape index (κ2) is 9.07. The number of carbonyl (C=O) groups is 1. The van der Waals surface area contributed by atoms with Crippen LogP contribution in [-0.2, 0) is 4.79 Å². The highest BCUT2D eigenvalue weighted by Gasteiger charge is 2.17. The third-order valence-corrected chi connectivity index (χ3v) is 5.35. The number of aromatic nitrogens is 4. The van der Waals surface area contributed by atoms with Crippen molar-refractivity contribution in [2.24, 2.45) is 0 Å². The molecule has 3 aromatic rings. The molecule has 28 heavy (non-hydrogen) atoms. The van der Waals surface area contributed by atoms with Crippen LogP contribution in [0, 0.1) is 6.92 Å². The number of nitrogens with one attached hydrogen (secondary N) is 1. The molecule has 0 saturated carbocycles. The van der Waals surface area contributed by atoms with Gasteiger partial charge in [-0.25, -0.2) is 0 Å². The van der Waals surface area contributed by atoms with Crippen LogP contribution in [0.25, 0.3) is 5.69 Å². The minimum atomic E-state index is -0.199. The number of halogens is 1. The molecule has 1 atom stereocenters. The van der Waals surface area contributed by atoms with E-state index in [0.29, 0.717) is 15.9 Å². The number of ether oxygens (including phenoxy) is 1. The zero-order chi connectivity index (χ0) is 20.1. The highest BCUT2D eigenvalue weighted by Crippen LogP contribution is 2.27. The van der Waals surface area contributed by atoms with Crippen molar-refractivity contribution >= 4 is 29.3 Å². The molecule has 1 unspecified atom stereocenters. The van der Waals surface area contributed by atoms with E-state index in [0.717, 1.165) is 16.8 Å². The first kappa shape index (κ1) is 20.2. The quantitative estimate of drug-likeness (QED) is 0.591. The summed E-state index contributed by atoms with van der Waals surface area (Å²) >= 11 is 7.44. The minimum Gasteiger partial charge on any atom is -0.494 e. The lowest BCUT2D eigenvalue weighted by Gasteiger charge is -2.15. The van der Waals surface area contributed by atoms with E-state index in [1.165, 1.54) is 11.8 Å². The Hall–Kier alpha value is -2.58. The predicted molar refractivity (Wildman–Crippen MR) is 109 cm³/mol. The summed E-state index contributed by atoms with van der Waals surface area (Å²) in [6.45, 7) is 3.87. The summed E-state index contributed by atoms with van der Waals surface area (Å²) in [5.41, 5.74) is 2.64. The largest absolute Gasteiger partial charge is 0.494 e. The number of aryl methyl sites for hydroxylation is 1. The highest BCUT2D eigenvalue weighted by molar-refractivity contribution is 7.99. The SMILES string of the molecule is COc1ccc(C)cc1-n1nnnc1SCC(=O)NC(C)c1ccccc1Cl. The minimum absolute atomic E-state index is 0.136. The maximum Gasteiger partial charge on any atom is 0.230 e. The van der Waals surface area contributed by atoms with Gasteiger partial charge in [0.05, 0.1) is 18.9 Å². The number of amides is 1. The second-order valence-corrected chi connectivity index (χ2v) is 7.50. The standard InChI is InChI=1S/C19H20ClN5O2S/c1-12-8-9-17(27-3)16(10-12)25-19(22-23-24-25)28-11-18(26)21-13(2)14-6-4-5-7-15(14)20/h4-10,13H,11H2,1-3H3,(H,21,26). The van der Waals surface area contributed by atoms with E-state index < -0.39 is 0 Å². The van der Waals surface area contributed by atoms with Crippen molar-refractivity contribution in [2.75, 3.05) is 12.9 Å². The van der Waals surface area contributed by atoms with Crippen LogP contribution in [0.15, 0.2) is 47.6 Å². The molecule has 3 rings (SSSR count). The van der Waals surface area contributed by atoms with Crippen LogP contribution in [0.2, 0.25) is 5.02 Å². The van der Waals surface area contributed by atoms with Crippen molar-refractivity contribution in [2.45, 2.75) is 25.0 Å². The summed E-state index contributed by atoms with van der Waals surface area (Å²) in [5, 5.41) is 15.9. The topological polar surface area (TPSA) is 81.9 Å². The fraction of sp³-hybridized carbons (Fsp3) is 0.263. The number of hydrogen-bond donors (Lipinski definition) is 1. The molecule has 0 bridgehead atoms. The molecule has 1 heterocycles. The van der Waals surface area contributed by atoms with Crippen molar-refractivity contribution in [3.05, 3.63) is 58.6 Å². The van der Waals surface area contributed by atoms with E-state index in [2.05, 4.69) is 20.8 Å². The van der Waals surface area contributed by atoms with Gasteiger partial charge in [0.2, 0.25) is 11.1 Å². The van der Waals surface area contributed by atoms with E-state index in [9.17, 15) is 4.79 Å². The number of tetrazole rings is 1. The predicted octanol–water partition coefficient (Wildman–Crippen LogP) is 3.60. The second-order valence-electron chi connectivity index (χ2n) is 6.15. The molecule has 0 aliphatic rings. The Morgan fingerprint density at radius 3 is 2.86 bits per heavy atom. The molecule has 0 fully saturated rings. The van der Waals surface area contributed by atoms with Crippen molar-refractivity contribution in [3.63, 3.8) is 0 Å². The van der Waals surface area contributed by atoms with Crippen LogP contribution in [0.5, 0.6) is 5.75 Å². The fourth-order valence-electron chi connectivity index (χ4n) is 2.70. The van der Waals surface area contributed by atoms with Crippen LogP contribution >= 0.6 is 23.4 Å².